The Morgan fingerprint density at radius 1 is 1.13 bits per heavy atom. The average molecular weight is 452 g/mol. The Hall–Kier alpha value is -1.70. The van der Waals surface area contributed by atoms with Crippen LogP contribution in [0.15, 0.2) is 0 Å². The third kappa shape index (κ3) is 9.54. The van der Waals surface area contributed by atoms with Crippen molar-refractivity contribution in [1.29, 1.82) is 0 Å². The van der Waals surface area contributed by atoms with Gasteiger partial charge in [0.15, 0.2) is 6.10 Å². The second-order valence-corrected chi connectivity index (χ2v) is 7.78. The van der Waals surface area contributed by atoms with E-state index in [0.717, 1.165) is 0 Å². The van der Waals surface area contributed by atoms with Gasteiger partial charge >= 0.3 is 12.3 Å². The highest BCUT2D eigenvalue weighted by molar-refractivity contribution is 5.61. The number of carbonyl (C=O) groups is 2. The lowest BCUT2D eigenvalue weighted by Gasteiger charge is -2.33. The number of cyclic esters (lactones) is 2. The zero-order valence-electron chi connectivity index (χ0n) is 17.9. The molecule has 5 unspecified atom stereocenters. The van der Waals surface area contributed by atoms with Crippen LogP contribution in [-0.2, 0) is 37.9 Å². The zero-order valence-corrected chi connectivity index (χ0v) is 17.9. The summed E-state index contributed by atoms with van der Waals surface area (Å²) in [5.74, 6) is -0.118. The second kappa shape index (κ2) is 13.0. The molecule has 12 nitrogen and oxygen atoms in total. The predicted octanol–water partition coefficient (Wildman–Crippen LogP) is 0.990. The molecule has 2 N–H and O–H groups in total. The summed E-state index contributed by atoms with van der Waals surface area (Å²) in [6.45, 7) is 4.57. The molecule has 0 aliphatic carbocycles. The van der Waals surface area contributed by atoms with E-state index in [9.17, 15) is 14.7 Å². The standard InChI is InChI=1S/C19H32O12/c1-3-19(10-24-4-13(2)5-27-16(20)21,11-25-6-14-8-28-17(22)30-14)12-26-7-15-9-29-18(23)31-15/h13-15,17,22H,3-12H2,1-2H3,(H,20,21). The van der Waals surface area contributed by atoms with Crippen LogP contribution in [0.2, 0.25) is 0 Å². The van der Waals surface area contributed by atoms with Crippen LogP contribution < -0.4 is 0 Å². The van der Waals surface area contributed by atoms with E-state index >= 15 is 0 Å². The van der Waals surface area contributed by atoms with Crippen molar-refractivity contribution in [3.8, 4) is 0 Å². The number of carbonyl (C=O) groups excluding carboxylic acids is 1. The number of hydrogen-bond acceptors (Lipinski definition) is 11. The lowest BCUT2D eigenvalue weighted by molar-refractivity contribution is -0.208. The molecule has 12 heteroatoms. The minimum atomic E-state index is -1.32. The van der Waals surface area contributed by atoms with Crippen molar-refractivity contribution < 1.29 is 57.7 Å². The molecule has 0 aromatic heterocycles. The van der Waals surface area contributed by atoms with Crippen molar-refractivity contribution in [2.24, 2.45) is 11.3 Å². The molecule has 0 saturated carbocycles. The zero-order chi connectivity index (χ0) is 22.7. The molecule has 2 aliphatic rings. The van der Waals surface area contributed by atoms with E-state index in [1.54, 1.807) is 0 Å². The van der Waals surface area contributed by atoms with E-state index in [0.29, 0.717) is 26.2 Å². The van der Waals surface area contributed by atoms with E-state index < -0.39 is 30.3 Å². The summed E-state index contributed by atoms with van der Waals surface area (Å²) in [7, 11) is 0. The number of ether oxygens (including phenoxy) is 8. The van der Waals surface area contributed by atoms with Crippen LogP contribution >= 0.6 is 0 Å². The Morgan fingerprint density at radius 3 is 2.35 bits per heavy atom. The maximum absolute atomic E-state index is 11.0. The van der Waals surface area contributed by atoms with Gasteiger partial charge in [0.1, 0.15) is 12.7 Å². The molecule has 180 valence electrons. The highest BCUT2D eigenvalue weighted by Gasteiger charge is 2.33. The van der Waals surface area contributed by atoms with Crippen molar-refractivity contribution in [1.82, 2.24) is 0 Å². The van der Waals surface area contributed by atoms with Gasteiger partial charge in [0.25, 0.3) is 6.48 Å². The van der Waals surface area contributed by atoms with Crippen LogP contribution in [0.5, 0.6) is 0 Å². The van der Waals surface area contributed by atoms with Gasteiger partial charge in [-0.3, -0.25) is 0 Å². The van der Waals surface area contributed by atoms with Crippen LogP contribution in [0.1, 0.15) is 20.3 Å². The molecule has 0 amide bonds. The van der Waals surface area contributed by atoms with Gasteiger partial charge in [-0.2, -0.15) is 0 Å². The molecule has 5 atom stereocenters. The first kappa shape index (κ1) is 25.6. The Labute approximate surface area is 180 Å². The number of hydrogen-bond donors (Lipinski definition) is 2. The minimum absolute atomic E-state index is 0.0376. The molecular weight excluding hydrogens is 420 g/mol. The Balaban J connectivity index is 1.81. The Bertz CT molecular complexity index is 558. The predicted molar refractivity (Wildman–Crippen MR) is 101 cm³/mol. The smallest absolute Gasteiger partial charge is 0.450 e. The van der Waals surface area contributed by atoms with Gasteiger partial charge in [0.2, 0.25) is 0 Å². The van der Waals surface area contributed by atoms with Gasteiger partial charge in [-0.25, -0.2) is 9.59 Å². The lowest BCUT2D eigenvalue weighted by Crippen LogP contribution is -2.39. The third-order valence-electron chi connectivity index (χ3n) is 4.86. The van der Waals surface area contributed by atoms with Crippen molar-refractivity contribution >= 4 is 12.3 Å². The third-order valence-corrected chi connectivity index (χ3v) is 4.86. The molecular formula is C19H32O12. The summed E-state index contributed by atoms with van der Waals surface area (Å²) in [5.41, 5.74) is -0.505. The fourth-order valence-electron chi connectivity index (χ4n) is 2.95. The van der Waals surface area contributed by atoms with Gasteiger partial charge < -0.3 is 48.1 Å². The fraction of sp³-hybridized carbons (Fsp3) is 0.895. The fourth-order valence-corrected chi connectivity index (χ4v) is 2.95. The normalized spacial score (nSPS) is 26.2. The van der Waals surface area contributed by atoms with Crippen LogP contribution in [0.25, 0.3) is 0 Å². The molecule has 31 heavy (non-hydrogen) atoms. The number of rotatable bonds is 15. The largest absolute Gasteiger partial charge is 0.508 e. The van der Waals surface area contributed by atoms with E-state index in [4.69, 9.17) is 38.3 Å². The summed E-state index contributed by atoms with van der Waals surface area (Å²) in [6.07, 6.45) is -2.19. The second-order valence-electron chi connectivity index (χ2n) is 7.78. The Morgan fingerprint density at radius 2 is 1.81 bits per heavy atom. The lowest BCUT2D eigenvalue weighted by atomic mass is 9.88. The van der Waals surface area contributed by atoms with E-state index in [-0.39, 0.29) is 51.7 Å². The molecule has 2 fully saturated rings. The quantitative estimate of drug-likeness (QED) is 0.341. The van der Waals surface area contributed by atoms with E-state index in [2.05, 4.69) is 4.74 Å². The SMILES string of the molecule is CCC(COCC(C)COC(=O)O)(COCC1COC(=O)O1)COCC1COC(O)O1. The van der Waals surface area contributed by atoms with Crippen molar-refractivity contribution in [2.75, 3.05) is 59.5 Å². The van der Waals surface area contributed by atoms with Crippen molar-refractivity contribution in [3.05, 3.63) is 0 Å². The first-order valence-electron chi connectivity index (χ1n) is 10.2. The van der Waals surface area contributed by atoms with Gasteiger partial charge in [0.05, 0.1) is 52.9 Å². The van der Waals surface area contributed by atoms with Crippen molar-refractivity contribution in [3.63, 3.8) is 0 Å². The number of aliphatic hydroxyl groups excluding tert-OH is 1. The monoisotopic (exact) mass is 452 g/mol. The molecule has 0 bridgehead atoms. The summed E-state index contributed by atoms with van der Waals surface area (Å²) < 4.78 is 41.8. The molecule has 2 rings (SSSR count). The molecule has 2 aliphatic heterocycles. The van der Waals surface area contributed by atoms with E-state index in [1.807, 2.05) is 13.8 Å². The number of carboxylic acid groups (broad SMARTS) is 1. The average Bonchev–Trinajstić information content (AvgIpc) is 3.33. The molecule has 0 aromatic carbocycles. The first-order chi connectivity index (χ1) is 14.8. The minimum Gasteiger partial charge on any atom is -0.450 e. The first-order valence-corrected chi connectivity index (χ1v) is 10.2. The van der Waals surface area contributed by atoms with Gasteiger partial charge in [-0.15, -0.1) is 0 Å². The molecule has 2 saturated heterocycles. The van der Waals surface area contributed by atoms with E-state index in [1.165, 1.54) is 0 Å². The van der Waals surface area contributed by atoms with Crippen LogP contribution in [0.3, 0.4) is 0 Å². The molecule has 0 radical (unpaired) electrons. The topological polar surface area (TPSA) is 148 Å². The summed E-state index contributed by atoms with van der Waals surface area (Å²) >= 11 is 0. The Kier molecular flexibility index (Phi) is 10.7. The molecule has 0 spiro atoms. The maximum atomic E-state index is 11.0. The van der Waals surface area contributed by atoms with Gasteiger partial charge in [0, 0.05) is 11.3 Å². The number of aliphatic hydroxyl groups is 1. The highest BCUT2D eigenvalue weighted by Crippen LogP contribution is 2.25. The summed E-state index contributed by atoms with van der Waals surface area (Å²) in [6, 6.07) is 0. The highest BCUT2D eigenvalue weighted by atomic mass is 16.8. The van der Waals surface area contributed by atoms with Crippen LogP contribution in [0, 0.1) is 11.3 Å². The maximum Gasteiger partial charge on any atom is 0.508 e. The van der Waals surface area contributed by atoms with Crippen LogP contribution in [-0.4, -0.2) is 101 Å². The van der Waals surface area contributed by atoms with Crippen LogP contribution in [0.4, 0.5) is 9.59 Å². The molecule has 0 aromatic rings. The summed E-state index contributed by atoms with van der Waals surface area (Å²) in [4.78, 5) is 21.5. The molecule has 2 heterocycles. The van der Waals surface area contributed by atoms with Crippen molar-refractivity contribution in [2.45, 2.75) is 39.0 Å². The summed E-state index contributed by atoms with van der Waals surface area (Å²) in [5, 5.41) is 17.8. The van der Waals surface area contributed by atoms with Gasteiger partial charge in [-0.05, 0) is 6.42 Å². The van der Waals surface area contributed by atoms with Gasteiger partial charge in [-0.1, -0.05) is 13.8 Å².